The highest BCUT2D eigenvalue weighted by molar-refractivity contribution is 8.00. The molecule has 5 nitrogen and oxygen atoms in total. The van der Waals surface area contributed by atoms with Crippen LogP contribution in [0.5, 0.6) is 0 Å². The van der Waals surface area contributed by atoms with E-state index in [0.717, 1.165) is 5.69 Å². The maximum atomic E-state index is 13.7. The van der Waals surface area contributed by atoms with E-state index in [4.69, 9.17) is 0 Å². The lowest BCUT2D eigenvalue weighted by atomic mass is 10.0. The van der Waals surface area contributed by atoms with E-state index in [-0.39, 0.29) is 5.82 Å². The normalized spacial score (nSPS) is 12.6. The monoisotopic (exact) mass is 408 g/mol. The van der Waals surface area contributed by atoms with Gasteiger partial charge in [0.05, 0.1) is 28.3 Å². The van der Waals surface area contributed by atoms with Crippen LogP contribution in [0.4, 0.5) is 10.1 Å². The van der Waals surface area contributed by atoms with Crippen LogP contribution in [0.25, 0.3) is 11.3 Å². The summed E-state index contributed by atoms with van der Waals surface area (Å²) in [4.78, 5) is 13.0. The lowest BCUT2D eigenvalue weighted by Crippen LogP contribution is -2.11. The standard InChI is InChI=1S/C22H21FN4OS/c1-5-20-19(22(26-14-25-20)17-7-6-8-18(23)12-17)10-9-16-11-21(15(2)24-13-16)27-29(3,4)28/h6-8,11-14H,3,5H2,1-2,4H3,(H,27,28). The van der Waals surface area contributed by atoms with Gasteiger partial charge in [0.1, 0.15) is 12.1 Å². The average Bonchev–Trinajstić information content (AvgIpc) is 2.67. The molecule has 2 aromatic heterocycles. The molecule has 0 bridgehead atoms. The Morgan fingerprint density at radius 1 is 1.21 bits per heavy atom. The van der Waals surface area contributed by atoms with Gasteiger partial charge in [-0.05, 0) is 37.4 Å². The number of anilines is 1. The SMILES string of the molecule is C=S(C)(=O)Nc1cc(C#Cc2c(CC)ncnc2-c2cccc(F)c2)cnc1C. The van der Waals surface area contributed by atoms with Gasteiger partial charge >= 0.3 is 0 Å². The van der Waals surface area contributed by atoms with E-state index in [1.54, 1.807) is 24.4 Å². The lowest BCUT2D eigenvalue weighted by molar-refractivity contribution is 0.628. The highest BCUT2D eigenvalue weighted by Gasteiger charge is 2.11. The number of pyridine rings is 1. The van der Waals surface area contributed by atoms with E-state index in [9.17, 15) is 8.60 Å². The van der Waals surface area contributed by atoms with Crippen molar-refractivity contribution in [3.63, 3.8) is 0 Å². The van der Waals surface area contributed by atoms with Gasteiger partial charge in [0, 0.05) is 33.3 Å². The molecule has 1 atom stereocenters. The van der Waals surface area contributed by atoms with E-state index in [1.807, 2.05) is 13.8 Å². The van der Waals surface area contributed by atoms with Crippen LogP contribution in [0.15, 0.2) is 42.9 Å². The quantitative estimate of drug-likeness (QED) is 0.529. The number of rotatable bonds is 4. The van der Waals surface area contributed by atoms with Crippen molar-refractivity contribution in [1.29, 1.82) is 0 Å². The van der Waals surface area contributed by atoms with Crippen molar-refractivity contribution in [1.82, 2.24) is 15.0 Å². The largest absolute Gasteiger partial charge is 0.311 e. The molecular weight excluding hydrogens is 387 g/mol. The predicted molar refractivity (Wildman–Crippen MR) is 117 cm³/mol. The molecule has 1 aromatic carbocycles. The van der Waals surface area contributed by atoms with E-state index in [0.29, 0.717) is 40.2 Å². The Kier molecular flexibility index (Phi) is 5.95. The van der Waals surface area contributed by atoms with E-state index in [1.165, 1.54) is 24.7 Å². The minimum Gasteiger partial charge on any atom is -0.311 e. The van der Waals surface area contributed by atoms with E-state index in [2.05, 4.69) is 37.4 Å². The summed E-state index contributed by atoms with van der Waals surface area (Å²) in [6.45, 7) is 3.79. The number of halogens is 1. The minimum absolute atomic E-state index is 0.340. The Morgan fingerprint density at radius 2 is 2.00 bits per heavy atom. The Labute approximate surface area is 170 Å². The number of hydrogen-bond donors (Lipinski definition) is 1. The molecule has 29 heavy (non-hydrogen) atoms. The molecule has 3 rings (SSSR count). The summed E-state index contributed by atoms with van der Waals surface area (Å²) in [5.74, 6) is 9.47. The fourth-order valence-electron chi connectivity index (χ4n) is 2.75. The summed E-state index contributed by atoms with van der Waals surface area (Å²) in [5, 5.41) is 0. The first kappa shape index (κ1) is 20.5. The fraction of sp³-hybridized carbons (Fsp3) is 0.182. The molecule has 1 unspecified atom stereocenters. The number of nitrogens with one attached hydrogen (secondary N) is 1. The Balaban J connectivity index is 2.08. The Hall–Kier alpha value is -3.24. The number of benzene rings is 1. The molecule has 2 heterocycles. The number of nitrogens with zero attached hydrogens (tertiary/aromatic N) is 3. The van der Waals surface area contributed by atoms with Crippen LogP contribution in [0, 0.1) is 24.6 Å². The molecule has 0 spiro atoms. The second-order valence-corrected chi connectivity index (χ2v) is 8.84. The van der Waals surface area contributed by atoms with Crippen LogP contribution in [-0.2, 0) is 16.1 Å². The summed E-state index contributed by atoms with van der Waals surface area (Å²) in [6.07, 6.45) is 5.29. The van der Waals surface area contributed by atoms with Crippen molar-refractivity contribution in [2.24, 2.45) is 0 Å². The van der Waals surface area contributed by atoms with Crippen LogP contribution < -0.4 is 4.72 Å². The molecule has 148 valence electrons. The zero-order chi connectivity index (χ0) is 21.0. The van der Waals surface area contributed by atoms with Crippen LogP contribution in [-0.4, -0.2) is 31.3 Å². The van der Waals surface area contributed by atoms with E-state index >= 15 is 0 Å². The van der Waals surface area contributed by atoms with E-state index < -0.39 is 9.71 Å². The molecule has 0 amide bonds. The molecule has 0 radical (unpaired) electrons. The van der Waals surface area contributed by atoms with Gasteiger partial charge in [0.25, 0.3) is 0 Å². The first-order valence-electron chi connectivity index (χ1n) is 8.95. The third-order valence-electron chi connectivity index (χ3n) is 4.10. The molecule has 0 aliphatic heterocycles. The number of aryl methyl sites for hydroxylation is 2. The summed E-state index contributed by atoms with van der Waals surface area (Å²) in [6, 6.07) is 8.02. The maximum Gasteiger partial charge on any atom is 0.123 e. The van der Waals surface area contributed by atoms with Gasteiger partial charge in [-0.3, -0.25) is 4.98 Å². The average molecular weight is 409 g/mol. The molecule has 0 saturated heterocycles. The van der Waals surface area contributed by atoms with Gasteiger partial charge in [0.2, 0.25) is 0 Å². The minimum atomic E-state index is -2.43. The van der Waals surface area contributed by atoms with Crippen molar-refractivity contribution in [2.45, 2.75) is 20.3 Å². The second-order valence-electron chi connectivity index (χ2n) is 6.62. The summed E-state index contributed by atoms with van der Waals surface area (Å²) in [7, 11) is -2.43. The Morgan fingerprint density at radius 3 is 2.69 bits per heavy atom. The molecule has 0 saturated carbocycles. The molecule has 0 aliphatic carbocycles. The zero-order valence-electron chi connectivity index (χ0n) is 16.5. The molecule has 1 N–H and O–H groups in total. The first-order valence-corrected chi connectivity index (χ1v) is 11.1. The van der Waals surface area contributed by atoms with Crippen molar-refractivity contribution >= 4 is 21.3 Å². The topological polar surface area (TPSA) is 67.8 Å². The third-order valence-corrected chi connectivity index (χ3v) is 4.76. The van der Waals surface area contributed by atoms with Crippen LogP contribution in [0.1, 0.15) is 29.4 Å². The first-order chi connectivity index (χ1) is 13.8. The summed E-state index contributed by atoms with van der Waals surface area (Å²) in [5.41, 5.74) is 4.59. The van der Waals surface area contributed by atoms with Gasteiger partial charge in [-0.1, -0.05) is 30.9 Å². The van der Waals surface area contributed by atoms with Crippen molar-refractivity contribution < 1.29 is 8.60 Å². The summed E-state index contributed by atoms with van der Waals surface area (Å²) < 4.78 is 28.6. The lowest BCUT2D eigenvalue weighted by Gasteiger charge is -2.10. The smallest absolute Gasteiger partial charge is 0.123 e. The number of hydrogen-bond acceptors (Lipinski definition) is 4. The van der Waals surface area contributed by atoms with Crippen LogP contribution >= 0.6 is 0 Å². The fourth-order valence-corrected chi connectivity index (χ4v) is 3.42. The Bertz CT molecular complexity index is 1230. The highest BCUT2D eigenvalue weighted by Crippen LogP contribution is 2.23. The highest BCUT2D eigenvalue weighted by atomic mass is 32.2. The van der Waals surface area contributed by atoms with Gasteiger partial charge in [-0.2, -0.15) is 0 Å². The van der Waals surface area contributed by atoms with Crippen LogP contribution in [0.3, 0.4) is 0 Å². The molecule has 0 fully saturated rings. The molecule has 7 heteroatoms. The van der Waals surface area contributed by atoms with Crippen molar-refractivity contribution in [3.05, 3.63) is 71.2 Å². The summed E-state index contributed by atoms with van der Waals surface area (Å²) >= 11 is 0. The number of aromatic nitrogens is 3. The molecular formula is C22H21FN4OS. The van der Waals surface area contributed by atoms with Crippen LogP contribution in [0.2, 0.25) is 0 Å². The van der Waals surface area contributed by atoms with Crippen molar-refractivity contribution in [2.75, 3.05) is 11.0 Å². The van der Waals surface area contributed by atoms with Gasteiger partial charge in [-0.25, -0.2) is 18.6 Å². The maximum absolute atomic E-state index is 13.7. The van der Waals surface area contributed by atoms with Gasteiger partial charge in [-0.15, -0.1) is 0 Å². The zero-order valence-corrected chi connectivity index (χ0v) is 17.3. The predicted octanol–water partition coefficient (Wildman–Crippen LogP) is 3.62. The van der Waals surface area contributed by atoms with Gasteiger partial charge < -0.3 is 4.72 Å². The third kappa shape index (κ3) is 5.18. The molecule has 3 aromatic rings. The second kappa shape index (κ2) is 8.41. The van der Waals surface area contributed by atoms with Crippen molar-refractivity contribution in [3.8, 4) is 23.1 Å². The van der Waals surface area contributed by atoms with Gasteiger partial charge in [0.15, 0.2) is 0 Å². The molecule has 0 aliphatic rings.